The summed E-state index contributed by atoms with van der Waals surface area (Å²) in [5, 5.41) is 10.2. The molecule has 2 N–H and O–H groups in total. The minimum atomic E-state index is 0.0715. The molecule has 0 saturated heterocycles. The second kappa shape index (κ2) is 11.4. The smallest absolute Gasteiger partial charge is 0.0707 e. The highest BCUT2D eigenvalue weighted by molar-refractivity contribution is 6.08. The van der Waals surface area contributed by atoms with Gasteiger partial charge < -0.3 is 10.6 Å². The number of hydrogen-bond donors (Lipinski definition) is 2. The van der Waals surface area contributed by atoms with Crippen molar-refractivity contribution < 1.29 is 0 Å². The van der Waals surface area contributed by atoms with Crippen molar-refractivity contribution in [3.05, 3.63) is 191 Å². The van der Waals surface area contributed by atoms with E-state index in [0.717, 1.165) is 18.5 Å². The number of allylic oxidation sites excluding steroid dienone is 7. The molecule has 1 aliphatic carbocycles. The lowest BCUT2D eigenvalue weighted by atomic mass is 9.82. The SMILES string of the molecule is C1=CCCC(C2=CC(c3ccccc3)Nc3ccc4c(C5=CC(c6ccccc6)NC(c6ccccc6)=C5)cccc4c32)=C1. The predicted molar refractivity (Wildman–Crippen MR) is 186 cm³/mol. The number of rotatable bonds is 5. The van der Waals surface area contributed by atoms with E-state index in [-0.39, 0.29) is 12.1 Å². The molecule has 5 aromatic rings. The maximum atomic E-state index is 3.87. The van der Waals surface area contributed by atoms with Gasteiger partial charge in [-0.3, -0.25) is 0 Å². The third-order valence-electron chi connectivity index (χ3n) is 9.01. The molecule has 0 saturated carbocycles. The largest absolute Gasteiger partial charge is 0.374 e. The van der Waals surface area contributed by atoms with Crippen molar-refractivity contribution in [2.75, 3.05) is 5.32 Å². The Balaban J connectivity index is 1.30. The maximum absolute atomic E-state index is 3.87. The summed E-state index contributed by atoms with van der Waals surface area (Å²) in [7, 11) is 0. The zero-order valence-corrected chi connectivity index (χ0v) is 24.6. The molecule has 0 aromatic heterocycles. The highest BCUT2D eigenvalue weighted by Crippen LogP contribution is 2.45. The number of nitrogens with one attached hydrogen (secondary N) is 2. The van der Waals surface area contributed by atoms with Crippen molar-refractivity contribution in [2.45, 2.75) is 24.9 Å². The average molecular weight is 567 g/mol. The predicted octanol–water partition coefficient (Wildman–Crippen LogP) is 10.4. The molecule has 2 heteroatoms. The van der Waals surface area contributed by atoms with Crippen molar-refractivity contribution >= 4 is 33.3 Å². The Kier molecular flexibility index (Phi) is 6.81. The van der Waals surface area contributed by atoms with Gasteiger partial charge in [-0.15, -0.1) is 0 Å². The Morgan fingerprint density at radius 1 is 0.591 bits per heavy atom. The van der Waals surface area contributed by atoms with Crippen molar-refractivity contribution in [2.24, 2.45) is 0 Å². The Morgan fingerprint density at radius 3 is 2.00 bits per heavy atom. The number of hydrogen-bond acceptors (Lipinski definition) is 2. The Labute approximate surface area is 259 Å². The molecule has 5 aromatic carbocycles. The Bertz CT molecular complexity index is 1990. The first-order valence-electron chi connectivity index (χ1n) is 15.6. The number of anilines is 1. The molecule has 0 bridgehead atoms. The third kappa shape index (κ3) is 4.89. The Morgan fingerprint density at radius 2 is 1.30 bits per heavy atom. The van der Waals surface area contributed by atoms with Gasteiger partial charge in [0.15, 0.2) is 0 Å². The summed E-state index contributed by atoms with van der Waals surface area (Å²) in [6, 6.07) is 43.8. The van der Waals surface area contributed by atoms with Crippen LogP contribution in [0.3, 0.4) is 0 Å². The molecule has 8 rings (SSSR count). The van der Waals surface area contributed by atoms with E-state index < -0.39 is 0 Å². The van der Waals surface area contributed by atoms with Crippen molar-refractivity contribution in [1.82, 2.24) is 5.32 Å². The quantitative estimate of drug-likeness (QED) is 0.221. The highest BCUT2D eigenvalue weighted by atomic mass is 14.9. The van der Waals surface area contributed by atoms with E-state index in [1.165, 1.54) is 61.0 Å². The van der Waals surface area contributed by atoms with E-state index in [4.69, 9.17) is 0 Å². The van der Waals surface area contributed by atoms with Gasteiger partial charge in [0.05, 0.1) is 12.1 Å². The van der Waals surface area contributed by atoms with Crippen LogP contribution in [0.1, 0.15) is 52.7 Å². The minimum absolute atomic E-state index is 0.0715. The van der Waals surface area contributed by atoms with E-state index in [1.54, 1.807) is 0 Å². The molecule has 0 amide bonds. The zero-order valence-electron chi connectivity index (χ0n) is 24.6. The molecular formula is C42H34N2. The normalized spacial score (nSPS) is 19.1. The van der Waals surface area contributed by atoms with Crippen LogP contribution in [0.4, 0.5) is 5.69 Å². The third-order valence-corrected chi connectivity index (χ3v) is 9.01. The van der Waals surface area contributed by atoms with Crippen LogP contribution in [-0.2, 0) is 0 Å². The Hall–Kier alpha value is -5.34. The topological polar surface area (TPSA) is 24.1 Å². The lowest BCUT2D eigenvalue weighted by molar-refractivity contribution is 0.767. The summed E-state index contributed by atoms with van der Waals surface area (Å²) in [5.41, 5.74) is 12.6. The second-order valence-corrected chi connectivity index (χ2v) is 11.7. The number of dihydropyridines is 1. The van der Waals surface area contributed by atoms with Crippen LogP contribution < -0.4 is 10.6 Å². The summed E-state index contributed by atoms with van der Waals surface area (Å²) in [4.78, 5) is 0. The molecule has 0 radical (unpaired) electrons. The van der Waals surface area contributed by atoms with Gasteiger partial charge in [0.1, 0.15) is 0 Å². The monoisotopic (exact) mass is 566 g/mol. The first-order chi connectivity index (χ1) is 21.8. The summed E-state index contributed by atoms with van der Waals surface area (Å²) in [6.45, 7) is 0. The van der Waals surface area contributed by atoms with E-state index in [9.17, 15) is 0 Å². The van der Waals surface area contributed by atoms with Gasteiger partial charge in [-0.05, 0) is 86.9 Å². The molecule has 2 heterocycles. The first kappa shape index (κ1) is 26.3. The van der Waals surface area contributed by atoms with Crippen LogP contribution >= 0.6 is 0 Å². The van der Waals surface area contributed by atoms with E-state index in [1.807, 2.05) is 0 Å². The zero-order chi connectivity index (χ0) is 29.3. The molecule has 0 fully saturated rings. The molecule has 2 unspecified atom stereocenters. The lowest BCUT2D eigenvalue weighted by Gasteiger charge is -2.30. The van der Waals surface area contributed by atoms with Crippen molar-refractivity contribution in [3.8, 4) is 0 Å². The van der Waals surface area contributed by atoms with E-state index >= 15 is 0 Å². The van der Waals surface area contributed by atoms with Crippen molar-refractivity contribution in [1.29, 1.82) is 0 Å². The van der Waals surface area contributed by atoms with Gasteiger partial charge in [0.25, 0.3) is 0 Å². The summed E-state index contributed by atoms with van der Waals surface area (Å²) >= 11 is 0. The standard InChI is InChI=1S/C42H34N2/c1-5-14-29(15-6-1)37-28-41(32-20-11-4-12-21-32)43-38-25-24-35-34(22-13-23-36(35)42(37)38)33-26-39(30-16-7-2-8-17-30)44-40(27-33)31-18-9-3-10-19-31/h1-5,7-14,16-28,39,41,43-44H,6,15H2. The summed E-state index contributed by atoms with van der Waals surface area (Å²) in [5.74, 6) is 0. The minimum Gasteiger partial charge on any atom is -0.374 e. The van der Waals surface area contributed by atoms with Crippen LogP contribution in [0.25, 0.3) is 27.6 Å². The fourth-order valence-corrected chi connectivity index (χ4v) is 6.84. The van der Waals surface area contributed by atoms with Crippen LogP contribution in [0.15, 0.2) is 163 Å². The van der Waals surface area contributed by atoms with Gasteiger partial charge in [0.2, 0.25) is 0 Å². The van der Waals surface area contributed by atoms with Crippen LogP contribution in [0.2, 0.25) is 0 Å². The molecule has 2 nitrogen and oxygen atoms in total. The summed E-state index contributed by atoms with van der Waals surface area (Å²) in [6.07, 6.45) is 16.1. The van der Waals surface area contributed by atoms with Gasteiger partial charge >= 0.3 is 0 Å². The highest BCUT2D eigenvalue weighted by Gasteiger charge is 2.26. The number of fused-ring (bicyclic) bond motifs is 3. The average Bonchev–Trinajstić information content (AvgIpc) is 3.12. The van der Waals surface area contributed by atoms with Gasteiger partial charge in [-0.1, -0.05) is 133 Å². The van der Waals surface area contributed by atoms with Crippen LogP contribution in [0.5, 0.6) is 0 Å². The molecule has 3 aliphatic rings. The van der Waals surface area contributed by atoms with Gasteiger partial charge in [-0.2, -0.15) is 0 Å². The second-order valence-electron chi connectivity index (χ2n) is 11.7. The molecule has 212 valence electrons. The first-order valence-corrected chi connectivity index (χ1v) is 15.6. The molecule has 44 heavy (non-hydrogen) atoms. The number of benzene rings is 5. The maximum Gasteiger partial charge on any atom is 0.0707 e. The fraction of sp³-hybridized carbons (Fsp3) is 0.0952. The molecule has 2 atom stereocenters. The van der Waals surface area contributed by atoms with E-state index in [0.29, 0.717) is 0 Å². The van der Waals surface area contributed by atoms with Gasteiger partial charge in [0, 0.05) is 16.9 Å². The molecular weight excluding hydrogens is 532 g/mol. The molecule has 2 aliphatic heterocycles. The van der Waals surface area contributed by atoms with Crippen LogP contribution in [0, 0.1) is 0 Å². The van der Waals surface area contributed by atoms with Crippen molar-refractivity contribution in [3.63, 3.8) is 0 Å². The van der Waals surface area contributed by atoms with Gasteiger partial charge in [-0.25, -0.2) is 0 Å². The van der Waals surface area contributed by atoms with Crippen LogP contribution in [-0.4, -0.2) is 0 Å². The lowest BCUT2D eigenvalue weighted by Crippen LogP contribution is -2.21. The fourth-order valence-electron chi connectivity index (χ4n) is 6.84. The molecule has 0 spiro atoms. The summed E-state index contributed by atoms with van der Waals surface area (Å²) < 4.78 is 0. The van der Waals surface area contributed by atoms with E-state index in [2.05, 4.69) is 168 Å².